The number of halogens is 2. The van der Waals surface area contributed by atoms with E-state index in [1.54, 1.807) is 12.1 Å². The van der Waals surface area contributed by atoms with Crippen molar-refractivity contribution in [2.45, 2.75) is 44.9 Å². The van der Waals surface area contributed by atoms with Gasteiger partial charge in [0.25, 0.3) is 0 Å². The lowest BCUT2D eigenvalue weighted by atomic mass is 10.00. The van der Waals surface area contributed by atoms with Gasteiger partial charge in [0.15, 0.2) is 0 Å². The molecule has 0 saturated heterocycles. The molecule has 0 saturated carbocycles. The molecule has 5 nitrogen and oxygen atoms in total. The minimum absolute atomic E-state index is 0.00757. The molecule has 34 heavy (non-hydrogen) atoms. The van der Waals surface area contributed by atoms with Gasteiger partial charge in [0, 0.05) is 19.2 Å². The number of hydrogen-bond acceptors (Lipinski definition) is 4. The first kappa shape index (κ1) is 25.3. The first-order chi connectivity index (χ1) is 16.3. The van der Waals surface area contributed by atoms with E-state index in [1.807, 2.05) is 12.1 Å². The summed E-state index contributed by atoms with van der Waals surface area (Å²) >= 11 is 0. The van der Waals surface area contributed by atoms with Crippen molar-refractivity contribution >= 4 is 5.91 Å². The summed E-state index contributed by atoms with van der Waals surface area (Å²) < 4.78 is 27.4. The fourth-order valence-corrected chi connectivity index (χ4v) is 3.84. The van der Waals surface area contributed by atoms with Crippen LogP contribution in [-0.4, -0.2) is 34.8 Å². The van der Waals surface area contributed by atoms with Gasteiger partial charge in [-0.05, 0) is 59.4 Å². The van der Waals surface area contributed by atoms with Crippen LogP contribution in [0.1, 0.15) is 29.2 Å². The highest BCUT2D eigenvalue weighted by molar-refractivity contribution is 5.79. The number of aliphatic hydroxyl groups excluding tert-OH is 1. The van der Waals surface area contributed by atoms with E-state index in [1.165, 1.54) is 29.8 Å². The number of amides is 1. The molecule has 0 aliphatic heterocycles. The van der Waals surface area contributed by atoms with Gasteiger partial charge in [-0.15, -0.1) is 0 Å². The molecule has 3 aromatic rings. The second-order valence-electron chi connectivity index (χ2n) is 8.37. The Balaban J connectivity index is 1.66. The topological polar surface area (TPSA) is 81.6 Å². The summed E-state index contributed by atoms with van der Waals surface area (Å²) in [6.45, 7) is 2.78. The Labute approximate surface area is 198 Å². The number of benzene rings is 3. The Morgan fingerprint density at radius 2 is 1.59 bits per heavy atom. The summed E-state index contributed by atoms with van der Waals surface area (Å²) in [5.41, 5.74) is 3.22. The van der Waals surface area contributed by atoms with E-state index in [-0.39, 0.29) is 31.0 Å². The fraction of sp³-hybridized carbons (Fsp3) is 0.296. The highest BCUT2D eigenvalue weighted by atomic mass is 19.1. The molecule has 1 amide bonds. The van der Waals surface area contributed by atoms with Crippen LogP contribution < -0.4 is 10.6 Å². The number of rotatable bonds is 11. The number of phenols is 1. The lowest BCUT2D eigenvalue weighted by molar-refractivity contribution is -0.122. The highest BCUT2D eigenvalue weighted by Crippen LogP contribution is 2.14. The summed E-state index contributed by atoms with van der Waals surface area (Å²) in [7, 11) is 0. The SMILES string of the molecule is CCc1cccc(CNC[C@@H](O)[C@H](Cc2cc(F)cc(F)c2)NC(=O)Cc2cccc(O)c2)c1. The molecule has 0 aliphatic rings. The molecular formula is C27H30F2N2O3. The van der Waals surface area contributed by atoms with Gasteiger partial charge in [-0.2, -0.15) is 0 Å². The van der Waals surface area contributed by atoms with Crippen LogP contribution in [0.15, 0.2) is 66.7 Å². The summed E-state index contributed by atoms with van der Waals surface area (Å²) in [6.07, 6.45) is -0.0385. The lowest BCUT2D eigenvalue weighted by Gasteiger charge is -2.25. The Hall–Kier alpha value is -3.29. The molecule has 0 radical (unpaired) electrons. The van der Waals surface area contributed by atoms with Gasteiger partial charge in [0.05, 0.1) is 18.6 Å². The van der Waals surface area contributed by atoms with E-state index in [0.717, 1.165) is 18.1 Å². The first-order valence-corrected chi connectivity index (χ1v) is 11.3. The largest absolute Gasteiger partial charge is 0.508 e. The third-order valence-corrected chi connectivity index (χ3v) is 5.55. The van der Waals surface area contributed by atoms with Crippen LogP contribution in [0.3, 0.4) is 0 Å². The molecule has 180 valence electrons. The number of carbonyl (C=O) groups excluding carboxylic acids is 1. The van der Waals surface area contributed by atoms with Crippen molar-refractivity contribution in [1.29, 1.82) is 0 Å². The standard InChI is InChI=1S/C27H30F2N2O3/c1-2-18-5-3-7-20(9-18)16-30-17-26(33)25(13-21-10-22(28)15-23(29)11-21)31-27(34)14-19-6-4-8-24(32)12-19/h3-12,15,25-26,30,32-33H,2,13-14,16-17H2,1H3,(H,31,34)/t25-,26+/m0/s1. The molecule has 0 spiro atoms. The lowest BCUT2D eigenvalue weighted by Crippen LogP contribution is -2.49. The van der Waals surface area contributed by atoms with Crippen molar-refractivity contribution in [1.82, 2.24) is 10.6 Å². The van der Waals surface area contributed by atoms with Gasteiger partial charge >= 0.3 is 0 Å². The molecule has 7 heteroatoms. The predicted octanol–water partition coefficient (Wildman–Crippen LogP) is 3.65. The van der Waals surface area contributed by atoms with Crippen LogP contribution in [0.25, 0.3) is 0 Å². The van der Waals surface area contributed by atoms with Gasteiger partial charge in [-0.1, -0.05) is 43.3 Å². The van der Waals surface area contributed by atoms with Crippen LogP contribution in [-0.2, 0) is 30.6 Å². The molecule has 0 aromatic heterocycles. The highest BCUT2D eigenvalue weighted by Gasteiger charge is 2.22. The summed E-state index contributed by atoms with van der Waals surface area (Å²) in [6, 6.07) is 16.8. The van der Waals surface area contributed by atoms with Crippen LogP contribution in [0.5, 0.6) is 5.75 Å². The normalized spacial score (nSPS) is 12.8. The summed E-state index contributed by atoms with van der Waals surface area (Å²) in [4.78, 5) is 12.7. The Morgan fingerprint density at radius 1 is 0.912 bits per heavy atom. The molecule has 0 heterocycles. The Kier molecular flexibility index (Phi) is 9.13. The third kappa shape index (κ3) is 7.93. The number of nitrogens with one attached hydrogen (secondary N) is 2. The summed E-state index contributed by atoms with van der Waals surface area (Å²) in [5, 5.41) is 26.4. The number of aryl methyl sites for hydroxylation is 1. The maximum absolute atomic E-state index is 13.7. The average Bonchev–Trinajstić information content (AvgIpc) is 2.78. The molecule has 4 N–H and O–H groups in total. The zero-order valence-electron chi connectivity index (χ0n) is 19.1. The van der Waals surface area contributed by atoms with E-state index in [9.17, 15) is 23.8 Å². The molecular weight excluding hydrogens is 438 g/mol. The van der Waals surface area contributed by atoms with E-state index in [0.29, 0.717) is 17.7 Å². The van der Waals surface area contributed by atoms with Gasteiger partial charge in [-0.3, -0.25) is 4.79 Å². The van der Waals surface area contributed by atoms with Gasteiger partial charge < -0.3 is 20.8 Å². The first-order valence-electron chi connectivity index (χ1n) is 11.3. The third-order valence-electron chi connectivity index (χ3n) is 5.55. The molecule has 3 aromatic carbocycles. The molecule has 0 unspecified atom stereocenters. The minimum Gasteiger partial charge on any atom is -0.508 e. The van der Waals surface area contributed by atoms with Crippen molar-refractivity contribution in [3.8, 4) is 5.75 Å². The van der Waals surface area contributed by atoms with Crippen LogP contribution in [0.2, 0.25) is 0 Å². The van der Waals surface area contributed by atoms with Crippen LogP contribution in [0.4, 0.5) is 8.78 Å². The zero-order valence-corrected chi connectivity index (χ0v) is 19.1. The number of aliphatic hydroxyl groups is 1. The van der Waals surface area contributed by atoms with E-state index < -0.39 is 23.8 Å². The predicted molar refractivity (Wildman–Crippen MR) is 127 cm³/mol. The maximum Gasteiger partial charge on any atom is 0.224 e. The van der Waals surface area contributed by atoms with E-state index in [2.05, 4.69) is 29.7 Å². The minimum atomic E-state index is -1.01. The van der Waals surface area contributed by atoms with Crippen LogP contribution >= 0.6 is 0 Å². The molecule has 0 bridgehead atoms. The van der Waals surface area contributed by atoms with Crippen molar-refractivity contribution in [2.75, 3.05) is 6.54 Å². The maximum atomic E-state index is 13.7. The van der Waals surface area contributed by atoms with Gasteiger partial charge in [-0.25, -0.2) is 8.78 Å². The Morgan fingerprint density at radius 3 is 2.29 bits per heavy atom. The zero-order chi connectivity index (χ0) is 24.5. The second-order valence-corrected chi connectivity index (χ2v) is 8.37. The number of aromatic hydroxyl groups is 1. The van der Waals surface area contributed by atoms with E-state index >= 15 is 0 Å². The number of hydrogen-bond donors (Lipinski definition) is 4. The van der Waals surface area contributed by atoms with E-state index in [4.69, 9.17) is 0 Å². The number of carbonyl (C=O) groups is 1. The van der Waals surface area contributed by atoms with Crippen molar-refractivity contribution in [3.05, 3.63) is 101 Å². The van der Waals surface area contributed by atoms with Gasteiger partial charge in [0.2, 0.25) is 5.91 Å². The van der Waals surface area contributed by atoms with Crippen molar-refractivity contribution in [3.63, 3.8) is 0 Å². The number of phenolic OH excluding ortho intramolecular Hbond substituents is 1. The van der Waals surface area contributed by atoms with Crippen molar-refractivity contribution in [2.24, 2.45) is 0 Å². The Bertz CT molecular complexity index is 1090. The average molecular weight is 469 g/mol. The molecule has 2 atom stereocenters. The molecule has 3 rings (SSSR count). The van der Waals surface area contributed by atoms with Crippen LogP contribution in [0, 0.1) is 11.6 Å². The summed E-state index contributed by atoms with van der Waals surface area (Å²) in [5.74, 6) is -1.76. The van der Waals surface area contributed by atoms with Gasteiger partial charge in [0.1, 0.15) is 17.4 Å². The molecule has 0 aliphatic carbocycles. The van der Waals surface area contributed by atoms with Crippen molar-refractivity contribution < 1.29 is 23.8 Å². The quantitative estimate of drug-likeness (QED) is 0.346. The molecule has 0 fully saturated rings. The smallest absolute Gasteiger partial charge is 0.224 e. The monoisotopic (exact) mass is 468 g/mol. The second kappa shape index (κ2) is 12.3. The fourth-order valence-electron chi connectivity index (χ4n) is 3.84.